The normalized spacial score (nSPS) is 7.43. The molecule has 12 heteroatoms. The largest absolute Gasteiger partial charge is 1.00 e. The molecule has 9 nitrogen and oxygen atoms in total. The average molecular weight is 262 g/mol. The van der Waals surface area contributed by atoms with Crippen LogP contribution in [-0.4, -0.2) is 33.5 Å². The zero-order chi connectivity index (χ0) is 10.8. The van der Waals surface area contributed by atoms with Crippen molar-refractivity contribution in [2.45, 2.75) is 6.92 Å². The topological polar surface area (TPSA) is 191 Å². The van der Waals surface area contributed by atoms with Gasteiger partial charge < -0.3 is 20.4 Å². The number of carboxylic acid groups (broad SMARTS) is 1. The quantitative estimate of drug-likeness (QED) is 0.170. The maximum absolute atomic E-state index is 9.00. The third kappa shape index (κ3) is 12300. The summed E-state index contributed by atoms with van der Waals surface area (Å²) in [5.74, 6) is -0.833. The Morgan fingerprint density at radius 3 is 1.36 bits per heavy atom. The first-order valence-corrected chi connectivity index (χ1v) is 4.21. The van der Waals surface area contributed by atoms with E-state index in [1.807, 2.05) is 0 Å². The maximum Gasteiger partial charge on any atom is 1.00 e. The monoisotopic (exact) mass is 262 g/mol. The van der Waals surface area contributed by atoms with Crippen molar-refractivity contribution < 1.29 is 66.4 Å². The molecular weight excluding hydrogens is 252 g/mol. The fourth-order valence-electron chi connectivity index (χ4n) is 0. The molecule has 0 rings (SSSR count). The van der Waals surface area contributed by atoms with Crippen molar-refractivity contribution in [2.24, 2.45) is 0 Å². The van der Waals surface area contributed by atoms with Crippen molar-refractivity contribution in [3.05, 3.63) is 0 Å². The van der Waals surface area contributed by atoms with E-state index in [2.05, 4.69) is 0 Å². The number of hydrogen-bond donors (Lipinski definition) is 3. The van der Waals surface area contributed by atoms with Crippen LogP contribution >= 0.6 is 8.69 Å². The van der Waals surface area contributed by atoms with E-state index in [-0.39, 0.29) is 35.7 Å². The molecule has 0 aliphatic rings. The van der Waals surface area contributed by atoms with Gasteiger partial charge in [0.1, 0.15) is 0 Å². The molecule has 0 bridgehead atoms. The van der Waals surface area contributed by atoms with Crippen molar-refractivity contribution in [3.63, 3.8) is 0 Å². The Balaban J connectivity index is -0.0000000278. The smallest absolute Gasteiger partial charge is 0.759 e. The minimum atomic E-state index is -5.17. The number of carbonyl (C=O) groups is 1. The van der Waals surface area contributed by atoms with Gasteiger partial charge in [0.15, 0.2) is 0 Å². The molecule has 0 aromatic rings. The molecule has 1 unspecified atom stereocenters. The third-order valence-electron chi connectivity index (χ3n) is 0. The molecule has 0 amide bonds. The van der Waals surface area contributed by atoms with Gasteiger partial charge in [-0.2, -0.15) is 4.89 Å². The molecule has 14 heavy (non-hydrogen) atoms. The van der Waals surface area contributed by atoms with Gasteiger partial charge in [-0.25, -0.2) is 0 Å². The second kappa shape index (κ2) is 19.0. The van der Waals surface area contributed by atoms with Gasteiger partial charge in [0, 0.05) is 17.3 Å². The molecule has 0 saturated heterocycles. The Morgan fingerprint density at radius 1 is 1.36 bits per heavy atom. The molecule has 0 saturated carbocycles. The summed E-state index contributed by atoms with van der Waals surface area (Å²) < 4.78 is 42.6. The summed E-state index contributed by atoms with van der Waals surface area (Å²) in [6.07, 6.45) is 0. The van der Waals surface area contributed by atoms with E-state index in [4.69, 9.17) is 36.9 Å². The van der Waals surface area contributed by atoms with Crippen LogP contribution in [0.15, 0.2) is 0 Å². The second-order valence-electron chi connectivity index (χ2n) is 1.02. The molecule has 0 radical (unpaired) electrons. The predicted octanol–water partition coefficient (Wildman–Crippen LogP) is -3.95. The fourth-order valence-corrected chi connectivity index (χ4v) is 0. The SMILES string of the molecule is CC(=O)O.O=S(=O)([O-])[O-].O=[PH+]O.[NH4+].[Na+]. The van der Waals surface area contributed by atoms with E-state index >= 15 is 0 Å². The van der Waals surface area contributed by atoms with E-state index in [9.17, 15) is 0 Å². The van der Waals surface area contributed by atoms with Crippen molar-refractivity contribution >= 4 is 25.1 Å². The molecule has 0 aliphatic carbocycles. The summed E-state index contributed by atoms with van der Waals surface area (Å²) in [4.78, 5) is 16.0. The predicted molar refractivity (Wildman–Crippen MR) is 41.0 cm³/mol. The first kappa shape index (κ1) is 29.3. The molecule has 0 spiro atoms. The minimum Gasteiger partial charge on any atom is -0.759 e. The van der Waals surface area contributed by atoms with Crippen LogP contribution in [0.1, 0.15) is 6.92 Å². The molecule has 82 valence electrons. The van der Waals surface area contributed by atoms with Crippen molar-refractivity contribution in [1.82, 2.24) is 6.15 Å². The molecule has 6 N–H and O–H groups in total. The summed E-state index contributed by atoms with van der Waals surface area (Å²) in [6.45, 7) is 1.08. The van der Waals surface area contributed by atoms with E-state index in [0.29, 0.717) is 0 Å². The van der Waals surface area contributed by atoms with Gasteiger partial charge in [0.05, 0.1) is 0 Å². The molecule has 1 atom stereocenters. The molecular formula is C2H10NNaO8PS+. The van der Waals surface area contributed by atoms with E-state index in [1.165, 1.54) is 0 Å². The Kier molecular flexibility index (Phi) is 39.7. The molecule has 0 fully saturated rings. The summed E-state index contributed by atoms with van der Waals surface area (Å²) in [7, 11) is -6.33. The first-order valence-electron chi connectivity index (χ1n) is 2.02. The second-order valence-corrected chi connectivity index (χ2v) is 2.02. The Morgan fingerprint density at radius 2 is 1.36 bits per heavy atom. The van der Waals surface area contributed by atoms with Crippen molar-refractivity contribution in [2.75, 3.05) is 0 Å². The van der Waals surface area contributed by atoms with Gasteiger partial charge in [0.2, 0.25) is 0 Å². The number of hydrogen-bond acceptors (Lipinski definition) is 6. The Bertz CT molecular complexity index is 203. The number of rotatable bonds is 0. The Hall–Kier alpha value is 0.360. The average Bonchev–Trinajstić information content (AvgIpc) is 1.56. The summed E-state index contributed by atoms with van der Waals surface area (Å²) >= 11 is 0. The van der Waals surface area contributed by atoms with Crippen LogP contribution in [0.3, 0.4) is 0 Å². The van der Waals surface area contributed by atoms with Crippen molar-refractivity contribution in [1.29, 1.82) is 0 Å². The summed E-state index contributed by atoms with van der Waals surface area (Å²) in [6, 6.07) is 0. The number of quaternary nitrogens is 1. The summed E-state index contributed by atoms with van der Waals surface area (Å²) in [5.41, 5.74) is 0. The molecule has 0 aromatic heterocycles. The van der Waals surface area contributed by atoms with E-state index in [1.54, 1.807) is 0 Å². The molecule has 0 heterocycles. The maximum atomic E-state index is 9.00. The third-order valence-corrected chi connectivity index (χ3v) is 0. The summed E-state index contributed by atoms with van der Waals surface area (Å²) in [5, 5.41) is 7.42. The van der Waals surface area contributed by atoms with Crippen LogP contribution in [0.5, 0.6) is 0 Å². The van der Waals surface area contributed by atoms with Gasteiger partial charge in [-0.3, -0.25) is 13.2 Å². The molecule has 0 aliphatic heterocycles. The van der Waals surface area contributed by atoms with Crippen LogP contribution in [0.4, 0.5) is 0 Å². The zero-order valence-corrected chi connectivity index (χ0v) is 11.6. The van der Waals surface area contributed by atoms with Crippen LogP contribution in [0.2, 0.25) is 0 Å². The molecule has 0 aromatic carbocycles. The number of carboxylic acids is 1. The van der Waals surface area contributed by atoms with Crippen LogP contribution in [-0.2, 0) is 19.8 Å². The zero-order valence-electron chi connectivity index (χ0n) is 7.75. The van der Waals surface area contributed by atoms with E-state index in [0.717, 1.165) is 6.92 Å². The van der Waals surface area contributed by atoms with Gasteiger partial charge in [0.25, 0.3) is 5.97 Å². The number of aliphatic carboxylic acids is 1. The van der Waals surface area contributed by atoms with E-state index < -0.39 is 25.1 Å². The van der Waals surface area contributed by atoms with Crippen LogP contribution in [0, 0.1) is 0 Å². The van der Waals surface area contributed by atoms with Gasteiger partial charge >= 0.3 is 38.2 Å². The fraction of sp³-hybridized carbons (Fsp3) is 0.500. The standard InChI is InChI=1S/C2H4O2.H3N.Na.H2O4S.HO2P/c1-2(3)4;;;1-5(2,3)4;1-3-2/h1H3,(H,3,4);1H3;;(H2,1,2,3,4);3H/q;;+1;;. The minimum absolute atomic E-state index is 0. The van der Waals surface area contributed by atoms with Crippen LogP contribution in [0.25, 0.3) is 0 Å². The van der Waals surface area contributed by atoms with Crippen LogP contribution < -0.4 is 35.7 Å². The first-order chi connectivity index (χ1) is 5.15. The van der Waals surface area contributed by atoms with Gasteiger partial charge in [-0.1, -0.05) is 0 Å². The Labute approximate surface area is 104 Å². The van der Waals surface area contributed by atoms with Crippen molar-refractivity contribution in [3.8, 4) is 0 Å². The van der Waals surface area contributed by atoms with Gasteiger partial charge in [-0.05, 0) is 4.57 Å². The van der Waals surface area contributed by atoms with Gasteiger partial charge in [-0.15, -0.1) is 0 Å².